The highest BCUT2D eigenvalue weighted by Crippen LogP contribution is 2.41. The van der Waals surface area contributed by atoms with E-state index in [1.54, 1.807) is 18.6 Å². The van der Waals surface area contributed by atoms with Crippen molar-refractivity contribution in [1.82, 2.24) is 24.7 Å². The van der Waals surface area contributed by atoms with Gasteiger partial charge in [0, 0.05) is 55.9 Å². The minimum atomic E-state index is -0.471. The molecule has 2 N–H and O–H groups in total. The van der Waals surface area contributed by atoms with Crippen molar-refractivity contribution in [2.75, 3.05) is 13.1 Å². The van der Waals surface area contributed by atoms with Crippen molar-refractivity contribution in [2.45, 2.75) is 25.5 Å². The van der Waals surface area contributed by atoms with Crippen LogP contribution in [0.4, 0.5) is 4.79 Å². The Bertz CT molecular complexity index is 1240. The molecule has 1 fully saturated rings. The lowest BCUT2D eigenvalue weighted by Gasteiger charge is -2.34. The lowest BCUT2D eigenvalue weighted by molar-refractivity contribution is -0.114. The maximum absolute atomic E-state index is 13.5. The number of para-hydroxylation sites is 1. The molecular weight excluding hydrogens is 436 g/mol. The van der Waals surface area contributed by atoms with Crippen LogP contribution in [0.2, 0.25) is 0 Å². The van der Waals surface area contributed by atoms with E-state index in [1.165, 1.54) is 11.8 Å². The molecule has 2 aliphatic heterocycles. The molecule has 1 saturated heterocycles. The standard InChI is InChI=1S/C24H24N6O2S/c1-16-21(22(25)31)33-24(30(16)14-17-5-3-9-26-13-17)29-12-11-28(23(29)32)15-19-7-2-6-18-8-4-10-27-20(18)19/h2-10,13,24H,11-12,14-15H2,1H3,(H2,25,31). The Morgan fingerprint density at radius 2 is 1.94 bits per heavy atom. The molecule has 3 aromatic rings. The number of carbonyl (C=O) groups excluding carboxylic acids is 2. The van der Waals surface area contributed by atoms with Crippen molar-refractivity contribution in [3.63, 3.8) is 0 Å². The molecule has 0 saturated carbocycles. The van der Waals surface area contributed by atoms with Gasteiger partial charge in [-0.1, -0.05) is 42.1 Å². The number of aromatic nitrogens is 2. The molecule has 8 nitrogen and oxygen atoms in total. The van der Waals surface area contributed by atoms with Crippen molar-refractivity contribution >= 4 is 34.6 Å². The summed E-state index contributed by atoms with van der Waals surface area (Å²) in [6, 6.07) is 13.8. The van der Waals surface area contributed by atoms with Crippen LogP contribution in [0.25, 0.3) is 10.9 Å². The number of benzene rings is 1. The average molecular weight is 461 g/mol. The summed E-state index contributed by atoms with van der Waals surface area (Å²) in [7, 11) is 0. The summed E-state index contributed by atoms with van der Waals surface area (Å²) >= 11 is 1.34. The molecule has 0 bridgehead atoms. The quantitative estimate of drug-likeness (QED) is 0.607. The molecule has 0 aliphatic carbocycles. The molecule has 168 valence electrons. The molecule has 0 spiro atoms. The van der Waals surface area contributed by atoms with Crippen molar-refractivity contribution in [2.24, 2.45) is 5.73 Å². The second kappa shape index (κ2) is 8.74. The normalized spacial score (nSPS) is 18.6. The van der Waals surface area contributed by atoms with Gasteiger partial charge in [0.1, 0.15) is 0 Å². The number of urea groups is 1. The summed E-state index contributed by atoms with van der Waals surface area (Å²) in [5.74, 6) is -0.471. The molecule has 4 heterocycles. The van der Waals surface area contributed by atoms with E-state index >= 15 is 0 Å². The van der Waals surface area contributed by atoms with Crippen LogP contribution in [0.15, 0.2) is 71.7 Å². The molecule has 1 atom stereocenters. The smallest absolute Gasteiger partial charge is 0.322 e. The maximum Gasteiger partial charge on any atom is 0.322 e. The van der Waals surface area contributed by atoms with E-state index in [2.05, 4.69) is 14.9 Å². The highest BCUT2D eigenvalue weighted by atomic mass is 32.2. The lowest BCUT2D eigenvalue weighted by Crippen LogP contribution is -2.45. The number of thioether (sulfide) groups is 1. The third kappa shape index (κ3) is 4.00. The topological polar surface area (TPSA) is 95.7 Å². The average Bonchev–Trinajstić information content (AvgIpc) is 3.34. The number of allylic oxidation sites excluding steroid dienone is 1. The number of pyridine rings is 2. The summed E-state index contributed by atoms with van der Waals surface area (Å²) in [5, 5.41) is 1.05. The summed E-state index contributed by atoms with van der Waals surface area (Å²) < 4.78 is 0. The van der Waals surface area contributed by atoms with E-state index in [4.69, 9.17) is 5.73 Å². The van der Waals surface area contributed by atoms with Crippen LogP contribution in [-0.4, -0.2) is 55.2 Å². The highest BCUT2D eigenvalue weighted by molar-refractivity contribution is 8.04. The molecule has 1 aromatic carbocycles. The minimum absolute atomic E-state index is 0.0601. The number of fused-ring (bicyclic) bond motifs is 1. The van der Waals surface area contributed by atoms with E-state index in [0.717, 1.165) is 27.7 Å². The molecule has 5 rings (SSSR count). The fourth-order valence-corrected chi connectivity index (χ4v) is 5.65. The van der Waals surface area contributed by atoms with Gasteiger partial charge in [-0.05, 0) is 30.2 Å². The van der Waals surface area contributed by atoms with Gasteiger partial charge in [0.25, 0.3) is 5.91 Å². The monoisotopic (exact) mass is 460 g/mol. The molecule has 9 heteroatoms. The highest BCUT2D eigenvalue weighted by Gasteiger charge is 2.42. The van der Waals surface area contributed by atoms with E-state index in [-0.39, 0.29) is 11.5 Å². The molecule has 33 heavy (non-hydrogen) atoms. The van der Waals surface area contributed by atoms with Crippen LogP contribution >= 0.6 is 11.8 Å². The second-order valence-corrected chi connectivity index (χ2v) is 9.17. The molecule has 1 unspecified atom stereocenters. The maximum atomic E-state index is 13.5. The summed E-state index contributed by atoms with van der Waals surface area (Å²) in [5.41, 5.74) is 9.01. The zero-order chi connectivity index (χ0) is 22.9. The van der Waals surface area contributed by atoms with Gasteiger partial charge in [-0.15, -0.1) is 0 Å². The summed E-state index contributed by atoms with van der Waals surface area (Å²) in [6.07, 6.45) is 5.29. The van der Waals surface area contributed by atoms with Crippen LogP contribution < -0.4 is 5.73 Å². The van der Waals surface area contributed by atoms with Gasteiger partial charge in [0.05, 0.1) is 10.4 Å². The number of primary amides is 1. The fourth-order valence-electron chi connectivity index (χ4n) is 4.36. The Labute approximate surface area is 196 Å². The Morgan fingerprint density at radius 3 is 2.73 bits per heavy atom. The predicted octanol–water partition coefficient (Wildman–Crippen LogP) is 3.12. The van der Waals surface area contributed by atoms with E-state index in [9.17, 15) is 9.59 Å². The zero-order valence-electron chi connectivity index (χ0n) is 18.2. The van der Waals surface area contributed by atoms with Crippen molar-refractivity contribution in [3.05, 3.63) is 82.8 Å². The molecule has 2 aliphatic rings. The number of hydrogen-bond donors (Lipinski definition) is 1. The van der Waals surface area contributed by atoms with E-state index < -0.39 is 5.91 Å². The number of rotatable bonds is 6. The number of carbonyl (C=O) groups is 2. The first-order valence-electron chi connectivity index (χ1n) is 10.7. The van der Waals surface area contributed by atoms with Crippen LogP contribution in [0.1, 0.15) is 18.1 Å². The van der Waals surface area contributed by atoms with Crippen molar-refractivity contribution in [3.8, 4) is 0 Å². The van der Waals surface area contributed by atoms with Crippen molar-refractivity contribution in [1.29, 1.82) is 0 Å². The van der Waals surface area contributed by atoms with E-state index in [0.29, 0.717) is 31.1 Å². The third-order valence-corrected chi connectivity index (χ3v) is 7.47. The number of hydrogen-bond acceptors (Lipinski definition) is 6. The molecule has 0 radical (unpaired) electrons. The fraction of sp³-hybridized carbons (Fsp3) is 0.250. The zero-order valence-corrected chi connectivity index (χ0v) is 19.0. The number of amides is 3. The van der Waals surface area contributed by atoms with Gasteiger partial charge >= 0.3 is 6.03 Å². The first kappa shape index (κ1) is 21.3. The Kier molecular flexibility index (Phi) is 5.63. The second-order valence-electron chi connectivity index (χ2n) is 8.10. The minimum Gasteiger partial charge on any atom is -0.365 e. The van der Waals surface area contributed by atoms with Crippen molar-refractivity contribution < 1.29 is 9.59 Å². The Balaban J connectivity index is 1.38. The number of nitrogens with two attached hydrogens (primary N) is 1. The lowest BCUT2D eigenvalue weighted by atomic mass is 10.1. The first-order valence-corrected chi connectivity index (χ1v) is 11.6. The third-order valence-electron chi connectivity index (χ3n) is 6.02. The molecule has 3 amide bonds. The SMILES string of the molecule is CC1=C(C(N)=O)SC(N2CCN(Cc3cccc4cccnc34)C2=O)N1Cc1cccnc1. The van der Waals surface area contributed by atoms with Crippen LogP contribution in [0.5, 0.6) is 0 Å². The van der Waals surface area contributed by atoms with Gasteiger partial charge in [-0.2, -0.15) is 0 Å². The van der Waals surface area contributed by atoms with Gasteiger partial charge in [0.2, 0.25) is 0 Å². The number of nitrogens with zero attached hydrogens (tertiary/aromatic N) is 5. The van der Waals surface area contributed by atoms with Crippen LogP contribution in [-0.2, 0) is 17.9 Å². The van der Waals surface area contributed by atoms with E-state index in [1.807, 2.05) is 59.2 Å². The van der Waals surface area contributed by atoms with Gasteiger partial charge in [0.15, 0.2) is 5.50 Å². The summed E-state index contributed by atoms with van der Waals surface area (Å²) in [4.78, 5) is 40.4. The van der Waals surface area contributed by atoms with Gasteiger partial charge < -0.3 is 15.5 Å². The molecular formula is C24H24N6O2S. The molecule has 2 aromatic heterocycles. The first-order chi connectivity index (χ1) is 16.0. The predicted molar refractivity (Wildman–Crippen MR) is 127 cm³/mol. The Morgan fingerprint density at radius 1 is 1.12 bits per heavy atom. The van der Waals surface area contributed by atoms with Crippen LogP contribution in [0.3, 0.4) is 0 Å². The largest absolute Gasteiger partial charge is 0.365 e. The van der Waals surface area contributed by atoms with Crippen LogP contribution in [0, 0.1) is 0 Å². The van der Waals surface area contributed by atoms with Gasteiger partial charge in [-0.3, -0.25) is 19.7 Å². The summed E-state index contributed by atoms with van der Waals surface area (Å²) in [6.45, 7) is 4.07. The van der Waals surface area contributed by atoms with Gasteiger partial charge in [-0.25, -0.2) is 4.79 Å². The Hall–Kier alpha value is -3.59.